The summed E-state index contributed by atoms with van der Waals surface area (Å²) < 4.78 is 30.9. The molecule has 2 aromatic carbocycles. The molecular weight excluding hydrogens is 480 g/mol. The first kappa shape index (κ1) is 21.6. The van der Waals surface area contributed by atoms with Gasteiger partial charge in [0.1, 0.15) is 22.7 Å². The van der Waals surface area contributed by atoms with Gasteiger partial charge in [0.05, 0.1) is 10.3 Å². The van der Waals surface area contributed by atoms with E-state index in [0.29, 0.717) is 27.9 Å². The van der Waals surface area contributed by atoms with E-state index in [2.05, 4.69) is 20.4 Å². The average Bonchev–Trinajstić information content (AvgIpc) is 3.39. The van der Waals surface area contributed by atoms with Gasteiger partial charge in [-0.25, -0.2) is 18.4 Å². The van der Waals surface area contributed by atoms with E-state index in [-0.39, 0.29) is 9.92 Å². The summed E-state index contributed by atoms with van der Waals surface area (Å²) in [6.45, 7) is 3.35. The number of hydrogen-bond acceptors (Lipinski definition) is 8. The number of rotatable bonds is 5. The Morgan fingerprint density at radius 3 is 2.39 bits per heavy atom. The number of benzene rings is 2. The molecule has 3 heterocycles. The highest BCUT2D eigenvalue weighted by Gasteiger charge is 2.25. The highest BCUT2D eigenvalue weighted by Crippen LogP contribution is 2.38. The van der Waals surface area contributed by atoms with E-state index < -0.39 is 9.84 Å². The number of fused-ring (bicyclic) bond motifs is 1. The van der Waals surface area contributed by atoms with Gasteiger partial charge in [0.2, 0.25) is 14.9 Å². The van der Waals surface area contributed by atoms with Crippen LogP contribution in [0.15, 0.2) is 74.7 Å². The lowest BCUT2D eigenvalue weighted by Gasteiger charge is -2.09. The zero-order chi connectivity index (χ0) is 23.2. The molecule has 166 valence electrons. The predicted octanol–water partition coefficient (Wildman–Crippen LogP) is 6.19. The number of halogens is 1. The Kier molecular flexibility index (Phi) is 5.40. The first-order valence-corrected chi connectivity index (χ1v) is 12.6. The zero-order valence-corrected chi connectivity index (χ0v) is 19.9. The minimum atomic E-state index is -3.78. The second-order valence-corrected chi connectivity index (χ2v) is 10.5. The quantitative estimate of drug-likeness (QED) is 0.309. The molecule has 0 spiro atoms. The van der Waals surface area contributed by atoms with E-state index in [1.807, 2.05) is 29.6 Å². The van der Waals surface area contributed by atoms with Gasteiger partial charge in [-0.2, -0.15) is 0 Å². The number of aromatic nitrogens is 3. The summed E-state index contributed by atoms with van der Waals surface area (Å²) in [6, 6.07) is 14.0. The molecule has 0 atom stereocenters. The Labute approximate surface area is 199 Å². The van der Waals surface area contributed by atoms with E-state index in [1.54, 1.807) is 26.0 Å². The van der Waals surface area contributed by atoms with Crippen LogP contribution >= 0.6 is 22.9 Å². The number of nitrogens with one attached hydrogen (secondary N) is 1. The SMILES string of the molecule is Cc1onc(S(=O)(=O)c2ccc(Nc3ncnc4scc(-c5ccc(Cl)cc5)c34)cc2)c1C. The highest BCUT2D eigenvalue weighted by atomic mass is 35.5. The molecule has 0 aliphatic rings. The van der Waals surface area contributed by atoms with Gasteiger partial charge in [-0.05, 0) is 55.8 Å². The molecule has 10 heteroatoms. The van der Waals surface area contributed by atoms with Crippen molar-refractivity contribution in [2.75, 3.05) is 5.32 Å². The fraction of sp³-hybridized carbons (Fsp3) is 0.0870. The van der Waals surface area contributed by atoms with Crippen LogP contribution in [0, 0.1) is 13.8 Å². The van der Waals surface area contributed by atoms with Gasteiger partial charge in [0.25, 0.3) is 0 Å². The summed E-state index contributed by atoms with van der Waals surface area (Å²) in [4.78, 5) is 9.79. The number of nitrogens with zero attached hydrogens (tertiary/aromatic N) is 3. The molecule has 1 N–H and O–H groups in total. The highest BCUT2D eigenvalue weighted by molar-refractivity contribution is 7.91. The number of aryl methyl sites for hydroxylation is 1. The van der Waals surface area contributed by atoms with Crippen LogP contribution in [0.1, 0.15) is 11.3 Å². The minimum absolute atomic E-state index is 0.0657. The first-order chi connectivity index (χ1) is 15.8. The fourth-order valence-electron chi connectivity index (χ4n) is 3.43. The number of anilines is 2. The molecule has 0 unspecified atom stereocenters. The topological polar surface area (TPSA) is 98.0 Å². The zero-order valence-electron chi connectivity index (χ0n) is 17.5. The minimum Gasteiger partial charge on any atom is -0.360 e. The molecule has 3 aromatic heterocycles. The van der Waals surface area contributed by atoms with E-state index >= 15 is 0 Å². The monoisotopic (exact) mass is 496 g/mol. The van der Waals surface area contributed by atoms with Crippen LogP contribution in [0.2, 0.25) is 5.02 Å². The van der Waals surface area contributed by atoms with E-state index in [0.717, 1.165) is 21.3 Å². The lowest BCUT2D eigenvalue weighted by atomic mass is 10.1. The third kappa shape index (κ3) is 3.88. The third-order valence-corrected chi connectivity index (χ3v) is 8.24. The molecule has 5 aromatic rings. The van der Waals surface area contributed by atoms with Crippen molar-refractivity contribution in [2.45, 2.75) is 23.8 Å². The van der Waals surface area contributed by atoms with Crippen molar-refractivity contribution < 1.29 is 12.9 Å². The molecule has 7 nitrogen and oxygen atoms in total. The Balaban J connectivity index is 1.49. The maximum Gasteiger partial charge on any atom is 0.227 e. The standard InChI is InChI=1S/C23H17ClN4O3S2/c1-13-14(2)31-28-23(13)33(29,30)18-9-7-17(8-10-18)27-21-20-19(11-32-22(20)26-12-25-21)15-3-5-16(24)6-4-15/h3-12H,1-2H3,(H,25,26,27). The molecule has 0 bridgehead atoms. The molecule has 0 saturated heterocycles. The van der Waals surface area contributed by atoms with Crippen molar-refractivity contribution in [3.8, 4) is 11.1 Å². The average molecular weight is 497 g/mol. The van der Waals surface area contributed by atoms with E-state index in [1.165, 1.54) is 29.8 Å². The normalized spacial score (nSPS) is 11.7. The smallest absolute Gasteiger partial charge is 0.227 e. The van der Waals surface area contributed by atoms with Gasteiger partial charge in [0, 0.05) is 27.2 Å². The summed E-state index contributed by atoms with van der Waals surface area (Å²) in [5.41, 5.74) is 3.19. The predicted molar refractivity (Wildman–Crippen MR) is 129 cm³/mol. The summed E-state index contributed by atoms with van der Waals surface area (Å²) in [5, 5.41) is 10.5. The Hall–Kier alpha value is -3.27. The van der Waals surface area contributed by atoms with Gasteiger partial charge in [-0.1, -0.05) is 28.9 Å². The number of hydrogen-bond donors (Lipinski definition) is 1. The van der Waals surface area contributed by atoms with Gasteiger partial charge >= 0.3 is 0 Å². The van der Waals surface area contributed by atoms with Crippen LogP contribution < -0.4 is 5.32 Å². The number of sulfone groups is 1. The van der Waals surface area contributed by atoms with Crippen LogP contribution in [-0.2, 0) is 9.84 Å². The summed E-state index contributed by atoms with van der Waals surface area (Å²) in [5.74, 6) is 1.11. The molecule has 0 fully saturated rings. The Bertz CT molecular complexity index is 1570. The lowest BCUT2D eigenvalue weighted by Crippen LogP contribution is -2.04. The third-order valence-electron chi connectivity index (χ3n) is 5.32. The van der Waals surface area contributed by atoms with Gasteiger partial charge in [-0.15, -0.1) is 11.3 Å². The van der Waals surface area contributed by atoms with Crippen molar-refractivity contribution >= 4 is 54.5 Å². The summed E-state index contributed by atoms with van der Waals surface area (Å²) in [7, 11) is -3.78. The maximum atomic E-state index is 12.9. The second kappa shape index (κ2) is 8.26. The summed E-state index contributed by atoms with van der Waals surface area (Å²) in [6.07, 6.45) is 1.50. The lowest BCUT2D eigenvalue weighted by molar-refractivity contribution is 0.380. The van der Waals surface area contributed by atoms with Crippen LogP contribution in [0.25, 0.3) is 21.3 Å². The van der Waals surface area contributed by atoms with E-state index in [9.17, 15) is 8.42 Å². The Morgan fingerprint density at radius 1 is 1.00 bits per heavy atom. The van der Waals surface area contributed by atoms with Crippen molar-refractivity contribution in [3.05, 3.63) is 76.6 Å². The fourth-order valence-corrected chi connectivity index (χ4v) is 5.87. The maximum absolute atomic E-state index is 12.9. The summed E-state index contributed by atoms with van der Waals surface area (Å²) >= 11 is 7.56. The van der Waals surface area contributed by atoms with Gasteiger partial charge in [-0.3, -0.25) is 0 Å². The van der Waals surface area contributed by atoms with Crippen LogP contribution in [0.4, 0.5) is 11.5 Å². The molecule has 33 heavy (non-hydrogen) atoms. The van der Waals surface area contributed by atoms with Crippen LogP contribution in [-0.4, -0.2) is 23.5 Å². The van der Waals surface area contributed by atoms with Gasteiger partial charge < -0.3 is 9.84 Å². The van der Waals surface area contributed by atoms with Gasteiger partial charge in [0.15, 0.2) is 0 Å². The van der Waals surface area contributed by atoms with Crippen LogP contribution in [0.5, 0.6) is 0 Å². The largest absolute Gasteiger partial charge is 0.360 e. The number of thiophene rings is 1. The molecule has 0 aliphatic heterocycles. The van der Waals surface area contributed by atoms with Crippen molar-refractivity contribution in [3.63, 3.8) is 0 Å². The Morgan fingerprint density at radius 2 is 1.73 bits per heavy atom. The van der Waals surface area contributed by atoms with Crippen molar-refractivity contribution in [1.82, 2.24) is 15.1 Å². The first-order valence-electron chi connectivity index (χ1n) is 9.88. The molecule has 0 aliphatic carbocycles. The van der Waals surface area contributed by atoms with E-state index in [4.69, 9.17) is 16.1 Å². The molecule has 0 radical (unpaired) electrons. The second-order valence-electron chi connectivity index (χ2n) is 7.38. The molecule has 0 saturated carbocycles. The molecular formula is C23H17ClN4O3S2. The van der Waals surface area contributed by atoms with Crippen LogP contribution in [0.3, 0.4) is 0 Å². The molecule has 5 rings (SSSR count). The molecule has 0 amide bonds. The van der Waals surface area contributed by atoms with Crippen molar-refractivity contribution in [1.29, 1.82) is 0 Å². The van der Waals surface area contributed by atoms with Crippen molar-refractivity contribution in [2.24, 2.45) is 0 Å².